The number of hydrogen-bond acceptors (Lipinski definition) is 4. The van der Waals surface area contributed by atoms with E-state index >= 15 is 0 Å². The molecule has 22 heavy (non-hydrogen) atoms. The van der Waals surface area contributed by atoms with E-state index in [0.29, 0.717) is 12.5 Å². The van der Waals surface area contributed by atoms with E-state index in [1.807, 2.05) is 13.8 Å². The van der Waals surface area contributed by atoms with Crippen LogP contribution in [0.3, 0.4) is 0 Å². The molecule has 1 N–H and O–H groups in total. The standard InChI is InChI=1S/C15H23N5O2/c1-4-20-12(11(3)17-18-20)9-19-13(21)15(16-14(19)22)7-5-10(2)6-8-15/h10H,4-9H2,1-3H3,(H,16,22). The van der Waals surface area contributed by atoms with E-state index in [4.69, 9.17) is 0 Å². The van der Waals surface area contributed by atoms with Gasteiger partial charge in [-0.25, -0.2) is 9.48 Å². The summed E-state index contributed by atoms with van der Waals surface area (Å²) >= 11 is 0. The van der Waals surface area contributed by atoms with Crippen LogP contribution in [0, 0.1) is 12.8 Å². The second-order valence-corrected chi connectivity index (χ2v) is 6.52. The predicted molar refractivity (Wildman–Crippen MR) is 79.9 cm³/mol. The molecule has 1 aliphatic carbocycles. The molecule has 120 valence electrons. The normalized spacial score (nSPS) is 28.5. The van der Waals surface area contributed by atoms with Gasteiger partial charge in [-0.05, 0) is 45.4 Å². The lowest BCUT2D eigenvalue weighted by Crippen LogP contribution is -2.49. The summed E-state index contributed by atoms with van der Waals surface area (Å²) in [4.78, 5) is 26.5. The minimum Gasteiger partial charge on any atom is -0.323 e. The molecule has 3 amide bonds. The fraction of sp³-hybridized carbons (Fsp3) is 0.733. The highest BCUT2D eigenvalue weighted by Crippen LogP contribution is 2.36. The Labute approximate surface area is 130 Å². The van der Waals surface area contributed by atoms with Crippen LogP contribution in [0.25, 0.3) is 0 Å². The van der Waals surface area contributed by atoms with Crippen molar-refractivity contribution in [1.82, 2.24) is 25.2 Å². The molecule has 2 heterocycles. The minimum atomic E-state index is -0.679. The van der Waals surface area contributed by atoms with E-state index < -0.39 is 5.54 Å². The highest BCUT2D eigenvalue weighted by Gasteiger charge is 2.52. The van der Waals surface area contributed by atoms with Crippen LogP contribution in [-0.4, -0.2) is 37.4 Å². The van der Waals surface area contributed by atoms with Crippen LogP contribution in [0.1, 0.15) is 50.9 Å². The van der Waals surface area contributed by atoms with Gasteiger partial charge in [0.1, 0.15) is 5.54 Å². The van der Waals surface area contributed by atoms with E-state index in [0.717, 1.165) is 37.1 Å². The molecule has 1 aliphatic heterocycles. The van der Waals surface area contributed by atoms with Crippen LogP contribution in [-0.2, 0) is 17.9 Å². The van der Waals surface area contributed by atoms with Crippen LogP contribution in [0.2, 0.25) is 0 Å². The lowest BCUT2D eigenvalue weighted by atomic mass is 9.77. The van der Waals surface area contributed by atoms with Crippen LogP contribution in [0.5, 0.6) is 0 Å². The van der Waals surface area contributed by atoms with Crippen LogP contribution < -0.4 is 5.32 Å². The van der Waals surface area contributed by atoms with Crippen molar-refractivity contribution in [2.24, 2.45) is 5.92 Å². The summed E-state index contributed by atoms with van der Waals surface area (Å²) in [6, 6.07) is -0.289. The molecule has 1 spiro atoms. The lowest BCUT2D eigenvalue weighted by Gasteiger charge is -2.33. The number of urea groups is 1. The first-order valence-corrected chi connectivity index (χ1v) is 8.00. The summed E-state index contributed by atoms with van der Waals surface area (Å²) in [6.07, 6.45) is 3.43. The van der Waals surface area contributed by atoms with Crippen molar-refractivity contribution in [3.8, 4) is 0 Å². The average molecular weight is 305 g/mol. The number of hydrogen-bond donors (Lipinski definition) is 1. The molecule has 1 saturated heterocycles. The first-order valence-electron chi connectivity index (χ1n) is 8.00. The summed E-state index contributed by atoms with van der Waals surface area (Å²) in [6.45, 7) is 6.93. The van der Waals surface area contributed by atoms with Gasteiger partial charge in [-0.1, -0.05) is 12.1 Å². The largest absolute Gasteiger partial charge is 0.325 e. The molecule has 3 rings (SSSR count). The Morgan fingerprint density at radius 2 is 2.00 bits per heavy atom. The van der Waals surface area contributed by atoms with Crippen molar-refractivity contribution in [2.75, 3.05) is 0 Å². The predicted octanol–water partition coefficient (Wildman–Crippen LogP) is 1.61. The van der Waals surface area contributed by atoms with Crippen molar-refractivity contribution in [3.63, 3.8) is 0 Å². The van der Waals surface area contributed by atoms with Gasteiger partial charge in [-0.2, -0.15) is 0 Å². The Balaban J connectivity index is 1.82. The fourth-order valence-corrected chi connectivity index (χ4v) is 3.43. The number of aryl methyl sites for hydroxylation is 2. The van der Waals surface area contributed by atoms with Crippen LogP contribution in [0.4, 0.5) is 4.79 Å². The zero-order chi connectivity index (χ0) is 15.9. The van der Waals surface area contributed by atoms with Gasteiger partial charge in [-0.3, -0.25) is 9.69 Å². The van der Waals surface area contributed by atoms with Gasteiger partial charge in [0.25, 0.3) is 5.91 Å². The van der Waals surface area contributed by atoms with Crippen molar-refractivity contribution in [3.05, 3.63) is 11.4 Å². The third-order valence-electron chi connectivity index (χ3n) is 5.01. The zero-order valence-corrected chi connectivity index (χ0v) is 13.4. The first-order chi connectivity index (χ1) is 10.5. The SMILES string of the molecule is CCn1nnc(C)c1CN1C(=O)NC2(CCC(C)CC2)C1=O. The summed E-state index contributed by atoms with van der Waals surface area (Å²) in [5, 5.41) is 11.0. The minimum absolute atomic E-state index is 0.0901. The number of nitrogens with zero attached hydrogens (tertiary/aromatic N) is 4. The molecule has 0 radical (unpaired) electrons. The number of aromatic nitrogens is 3. The molecule has 2 aliphatic rings. The second kappa shape index (κ2) is 5.37. The number of rotatable bonds is 3. The van der Waals surface area contributed by atoms with E-state index in [1.165, 1.54) is 4.90 Å². The quantitative estimate of drug-likeness (QED) is 0.860. The number of carbonyl (C=O) groups excluding carboxylic acids is 2. The zero-order valence-electron chi connectivity index (χ0n) is 13.4. The Morgan fingerprint density at radius 1 is 1.32 bits per heavy atom. The first kappa shape index (κ1) is 15.0. The Hall–Kier alpha value is -1.92. The highest BCUT2D eigenvalue weighted by atomic mass is 16.2. The highest BCUT2D eigenvalue weighted by molar-refractivity contribution is 6.07. The van der Waals surface area contributed by atoms with Gasteiger partial charge in [0, 0.05) is 6.54 Å². The Bertz CT molecular complexity index is 601. The van der Waals surface area contributed by atoms with Crippen molar-refractivity contribution < 1.29 is 9.59 Å². The van der Waals surface area contributed by atoms with Crippen molar-refractivity contribution in [2.45, 2.75) is 65.1 Å². The third-order valence-corrected chi connectivity index (χ3v) is 5.01. The van der Waals surface area contributed by atoms with E-state index in [-0.39, 0.29) is 18.5 Å². The van der Waals surface area contributed by atoms with Gasteiger partial charge >= 0.3 is 6.03 Å². The topological polar surface area (TPSA) is 80.1 Å². The van der Waals surface area contributed by atoms with Crippen molar-refractivity contribution in [1.29, 1.82) is 0 Å². The number of nitrogens with one attached hydrogen (secondary N) is 1. The van der Waals surface area contributed by atoms with Crippen LogP contribution >= 0.6 is 0 Å². The second-order valence-electron chi connectivity index (χ2n) is 6.52. The number of imide groups is 1. The van der Waals surface area contributed by atoms with E-state index in [1.54, 1.807) is 4.68 Å². The van der Waals surface area contributed by atoms with Crippen LogP contribution in [0.15, 0.2) is 0 Å². The van der Waals surface area contributed by atoms with E-state index in [2.05, 4.69) is 22.6 Å². The Morgan fingerprint density at radius 3 is 2.64 bits per heavy atom. The van der Waals surface area contributed by atoms with E-state index in [9.17, 15) is 9.59 Å². The monoisotopic (exact) mass is 305 g/mol. The summed E-state index contributed by atoms with van der Waals surface area (Å²) < 4.78 is 1.74. The molecule has 0 atom stereocenters. The molecular formula is C15H23N5O2. The average Bonchev–Trinajstić information content (AvgIpc) is 2.96. The lowest BCUT2D eigenvalue weighted by molar-refractivity contribution is -0.133. The number of amides is 3. The van der Waals surface area contributed by atoms with Gasteiger partial charge in [0.2, 0.25) is 0 Å². The summed E-state index contributed by atoms with van der Waals surface area (Å²) in [5.41, 5.74) is 0.912. The maximum Gasteiger partial charge on any atom is 0.325 e. The molecule has 1 aromatic rings. The fourth-order valence-electron chi connectivity index (χ4n) is 3.43. The smallest absolute Gasteiger partial charge is 0.323 e. The maximum atomic E-state index is 12.8. The third kappa shape index (κ3) is 2.28. The maximum absolute atomic E-state index is 12.8. The molecule has 0 bridgehead atoms. The summed E-state index contributed by atoms with van der Waals surface area (Å²) in [7, 11) is 0. The molecular weight excluding hydrogens is 282 g/mol. The molecule has 1 saturated carbocycles. The molecule has 2 fully saturated rings. The Kier molecular flexibility index (Phi) is 3.66. The molecule has 0 aromatic carbocycles. The number of carbonyl (C=O) groups is 2. The van der Waals surface area contributed by atoms with Gasteiger partial charge in [0.05, 0.1) is 17.9 Å². The van der Waals surface area contributed by atoms with Gasteiger partial charge < -0.3 is 5.32 Å². The molecule has 7 heteroatoms. The molecule has 1 aromatic heterocycles. The molecule has 0 unspecified atom stereocenters. The van der Waals surface area contributed by atoms with Gasteiger partial charge in [0.15, 0.2) is 0 Å². The van der Waals surface area contributed by atoms with Crippen molar-refractivity contribution >= 4 is 11.9 Å². The summed E-state index contributed by atoms with van der Waals surface area (Å²) in [5.74, 6) is 0.532. The van der Waals surface area contributed by atoms with Gasteiger partial charge in [-0.15, -0.1) is 5.10 Å². The molecule has 7 nitrogen and oxygen atoms in total.